The van der Waals surface area contributed by atoms with Gasteiger partial charge >= 0.3 is 6.18 Å². The molecule has 0 spiro atoms. The largest absolute Gasteiger partial charge is 0.491 e. The van der Waals surface area contributed by atoms with Crippen LogP contribution in [0.2, 0.25) is 0 Å². The number of rotatable bonds is 9. The topological polar surface area (TPSA) is 74.0 Å². The number of nitrogens with two attached hydrogens (primary N) is 1. The molecule has 1 aliphatic rings. The third-order valence-electron chi connectivity index (χ3n) is 5.55. The summed E-state index contributed by atoms with van der Waals surface area (Å²) < 4.78 is 56.6. The molecule has 1 amide bonds. The highest BCUT2D eigenvalue weighted by Crippen LogP contribution is 2.42. The molecule has 0 saturated heterocycles. The number of alkyl halides is 3. The molecule has 4 rings (SSSR count). The van der Waals surface area contributed by atoms with E-state index < -0.39 is 17.6 Å². The van der Waals surface area contributed by atoms with Gasteiger partial charge in [-0.05, 0) is 42.7 Å². The summed E-state index contributed by atoms with van der Waals surface area (Å²) in [7, 11) is 1.61. The van der Waals surface area contributed by atoms with Gasteiger partial charge in [-0.3, -0.25) is 4.79 Å². The highest BCUT2D eigenvalue weighted by Gasteiger charge is 2.33. The van der Waals surface area contributed by atoms with Crippen molar-refractivity contribution in [1.29, 1.82) is 0 Å². The number of methoxy groups -OCH3 is 1. The van der Waals surface area contributed by atoms with Crippen LogP contribution in [-0.4, -0.2) is 26.2 Å². The van der Waals surface area contributed by atoms with E-state index in [2.05, 4.69) is 0 Å². The number of halogens is 3. The Kier molecular flexibility index (Phi) is 7.85. The van der Waals surface area contributed by atoms with Gasteiger partial charge in [-0.25, -0.2) is 0 Å². The second kappa shape index (κ2) is 11.0. The van der Waals surface area contributed by atoms with Crippen molar-refractivity contribution < 1.29 is 32.2 Å². The first kappa shape index (κ1) is 25.6. The van der Waals surface area contributed by atoms with Gasteiger partial charge in [0.05, 0.1) is 12.2 Å². The van der Waals surface area contributed by atoms with E-state index in [1.165, 1.54) is 18.2 Å². The minimum Gasteiger partial charge on any atom is -0.491 e. The third-order valence-corrected chi connectivity index (χ3v) is 6.68. The number of carbonyl (C=O) groups is 1. The number of hydrogen-bond donors (Lipinski definition) is 1. The molecule has 0 saturated carbocycles. The maximum atomic E-state index is 13.4. The van der Waals surface area contributed by atoms with Crippen molar-refractivity contribution in [2.75, 3.05) is 25.2 Å². The molecule has 36 heavy (non-hydrogen) atoms. The fourth-order valence-electron chi connectivity index (χ4n) is 3.86. The summed E-state index contributed by atoms with van der Waals surface area (Å²) in [6.45, 7) is 0.551. The van der Waals surface area contributed by atoms with Crippen molar-refractivity contribution in [3.63, 3.8) is 0 Å². The van der Waals surface area contributed by atoms with Gasteiger partial charge in [0.25, 0.3) is 5.91 Å². The van der Waals surface area contributed by atoms with Crippen LogP contribution < -0.4 is 20.1 Å². The molecule has 1 aromatic heterocycles. The summed E-state index contributed by atoms with van der Waals surface area (Å²) in [6, 6.07) is 12.6. The monoisotopic (exact) mass is 518 g/mol. The van der Waals surface area contributed by atoms with Gasteiger partial charge in [0.15, 0.2) is 0 Å². The van der Waals surface area contributed by atoms with Gasteiger partial charge < -0.3 is 24.8 Å². The van der Waals surface area contributed by atoms with Gasteiger partial charge in [-0.15, -0.1) is 11.3 Å². The number of amides is 1. The van der Waals surface area contributed by atoms with Crippen LogP contribution in [0, 0.1) is 0 Å². The van der Waals surface area contributed by atoms with E-state index in [-0.39, 0.29) is 22.8 Å². The summed E-state index contributed by atoms with van der Waals surface area (Å²) in [5, 5.41) is 0.648. The number of ether oxygens (including phenoxy) is 3. The number of fused-ring (bicyclic) bond motifs is 1. The Morgan fingerprint density at radius 1 is 1.11 bits per heavy atom. The summed E-state index contributed by atoms with van der Waals surface area (Å²) in [5.74, 6) is 0.147. The van der Waals surface area contributed by atoms with E-state index in [1.54, 1.807) is 13.2 Å². The second-order valence-corrected chi connectivity index (χ2v) is 9.04. The maximum Gasteiger partial charge on any atom is 0.416 e. The Balaban J connectivity index is 1.62. The molecule has 2 aromatic carbocycles. The predicted octanol–water partition coefficient (Wildman–Crippen LogP) is 6.07. The lowest BCUT2D eigenvalue weighted by Gasteiger charge is -2.21. The van der Waals surface area contributed by atoms with Crippen molar-refractivity contribution in [2.45, 2.75) is 25.6 Å². The minimum absolute atomic E-state index is 0.0332. The molecule has 1 aliphatic heterocycles. The highest BCUT2D eigenvalue weighted by atomic mass is 32.1. The first-order valence-electron chi connectivity index (χ1n) is 11.2. The van der Waals surface area contributed by atoms with E-state index >= 15 is 0 Å². The van der Waals surface area contributed by atoms with Gasteiger partial charge in [-0.1, -0.05) is 24.3 Å². The normalized spacial score (nSPS) is 13.3. The van der Waals surface area contributed by atoms with E-state index in [1.807, 2.05) is 35.4 Å². The molecule has 0 unspecified atom stereocenters. The number of anilines is 2. The van der Waals surface area contributed by atoms with E-state index in [9.17, 15) is 18.0 Å². The summed E-state index contributed by atoms with van der Waals surface area (Å²) in [6.07, 6.45) is 0.983. The van der Waals surface area contributed by atoms with Crippen LogP contribution in [0.4, 0.5) is 23.9 Å². The average Bonchev–Trinajstić information content (AvgIpc) is 3.16. The Morgan fingerprint density at radius 3 is 2.67 bits per heavy atom. The van der Waals surface area contributed by atoms with Crippen LogP contribution in [0.15, 0.2) is 60.8 Å². The van der Waals surface area contributed by atoms with Crippen LogP contribution in [0.3, 0.4) is 0 Å². The van der Waals surface area contributed by atoms with Crippen LogP contribution >= 0.6 is 11.3 Å². The van der Waals surface area contributed by atoms with Crippen LogP contribution in [0.1, 0.15) is 32.8 Å². The molecule has 10 heteroatoms. The van der Waals surface area contributed by atoms with E-state index in [4.69, 9.17) is 19.9 Å². The average molecular weight is 519 g/mol. The van der Waals surface area contributed by atoms with Gasteiger partial charge in [-0.2, -0.15) is 13.2 Å². The van der Waals surface area contributed by atoms with E-state index in [0.717, 1.165) is 47.2 Å². The first-order chi connectivity index (χ1) is 17.3. The minimum atomic E-state index is -4.51. The lowest BCUT2D eigenvalue weighted by molar-refractivity contribution is -0.138. The Hall–Kier alpha value is -3.50. The number of carbonyl (C=O) groups excluding carboxylic acids is 1. The van der Waals surface area contributed by atoms with Crippen LogP contribution in [-0.2, 0) is 23.9 Å². The molecular formula is C26H25F3N2O4S. The van der Waals surface area contributed by atoms with Crippen molar-refractivity contribution in [1.82, 2.24) is 0 Å². The number of aryl methyl sites for hydroxylation is 1. The standard InChI is InChI=1S/C26H25F3N2O4S/c1-33-12-13-34-19-9-10-21-17(14-19)6-4-5-11-31(21)23-15-22(24(36-23)25(30)32)35-16-18-7-2-3-8-20(18)26(27,28)29/h2-3,5,7-11,14-15H,4,6,12-13,16H2,1H3,(H2,30,32). The van der Waals surface area contributed by atoms with Gasteiger partial charge in [0.2, 0.25) is 0 Å². The summed E-state index contributed by atoms with van der Waals surface area (Å²) in [5.41, 5.74) is 6.70. The van der Waals surface area contributed by atoms with E-state index in [0.29, 0.717) is 18.2 Å². The Bertz CT molecular complexity index is 1260. The smallest absolute Gasteiger partial charge is 0.416 e. The Morgan fingerprint density at radius 2 is 1.92 bits per heavy atom. The molecule has 2 heterocycles. The maximum absolute atomic E-state index is 13.4. The van der Waals surface area contributed by atoms with Gasteiger partial charge in [0, 0.05) is 30.6 Å². The summed E-state index contributed by atoms with van der Waals surface area (Å²) >= 11 is 1.12. The van der Waals surface area contributed by atoms with Crippen LogP contribution in [0.25, 0.3) is 0 Å². The number of nitrogens with zero attached hydrogens (tertiary/aromatic N) is 1. The Labute approximate surface area is 210 Å². The lowest BCUT2D eigenvalue weighted by Crippen LogP contribution is -2.13. The van der Waals surface area contributed by atoms with Crippen molar-refractivity contribution in [3.8, 4) is 11.5 Å². The van der Waals surface area contributed by atoms with Crippen molar-refractivity contribution in [2.24, 2.45) is 5.73 Å². The molecule has 0 radical (unpaired) electrons. The number of thiophene rings is 1. The number of hydrogen-bond acceptors (Lipinski definition) is 6. The molecule has 0 aliphatic carbocycles. The molecule has 190 valence electrons. The van der Waals surface area contributed by atoms with Crippen molar-refractivity contribution >= 4 is 27.9 Å². The molecule has 3 aromatic rings. The van der Waals surface area contributed by atoms with Gasteiger partial charge in [0.1, 0.15) is 34.6 Å². The zero-order valence-electron chi connectivity index (χ0n) is 19.5. The summed E-state index contributed by atoms with van der Waals surface area (Å²) in [4.78, 5) is 14.2. The predicted molar refractivity (Wildman–Crippen MR) is 132 cm³/mol. The molecular weight excluding hydrogens is 493 g/mol. The SMILES string of the molecule is COCCOc1ccc2c(c1)CCC=CN2c1cc(OCc2ccccc2C(F)(F)F)c(C(N)=O)s1. The highest BCUT2D eigenvalue weighted by molar-refractivity contribution is 7.18. The number of benzene rings is 2. The molecule has 0 fully saturated rings. The molecule has 6 nitrogen and oxygen atoms in total. The van der Waals surface area contributed by atoms with Crippen molar-refractivity contribution in [3.05, 3.63) is 82.4 Å². The number of primary amides is 1. The lowest BCUT2D eigenvalue weighted by atomic mass is 10.1. The quantitative estimate of drug-likeness (QED) is 0.348. The molecule has 0 bridgehead atoms. The zero-order valence-corrected chi connectivity index (χ0v) is 20.3. The fourth-order valence-corrected chi connectivity index (χ4v) is 4.81. The second-order valence-electron chi connectivity index (χ2n) is 8.01. The van der Waals surface area contributed by atoms with Crippen LogP contribution in [0.5, 0.6) is 11.5 Å². The first-order valence-corrected chi connectivity index (χ1v) is 12.0. The number of allylic oxidation sites excluding steroid dienone is 1. The molecule has 2 N–H and O–H groups in total. The molecule has 0 atom stereocenters. The zero-order chi connectivity index (χ0) is 25.7. The third kappa shape index (κ3) is 5.83. The fraction of sp³-hybridized carbons (Fsp3) is 0.269.